The van der Waals surface area contributed by atoms with E-state index in [4.69, 9.17) is 4.74 Å². The van der Waals surface area contributed by atoms with Gasteiger partial charge in [0.15, 0.2) is 0 Å². The van der Waals surface area contributed by atoms with Crippen molar-refractivity contribution in [1.82, 2.24) is 14.1 Å². The molecule has 2 aromatic carbocycles. The van der Waals surface area contributed by atoms with Gasteiger partial charge in [-0.25, -0.2) is 4.39 Å². The molecule has 1 aromatic heterocycles. The summed E-state index contributed by atoms with van der Waals surface area (Å²) in [7, 11) is 0. The molecular formula is C19H18FN3O2S. The average Bonchev–Trinajstić information content (AvgIpc) is 3.07. The maximum Gasteiger partial charge on any atom is 0.251 e. The topological polar surface area (TPSA) is 64.1 Å². The Hall–Kier alpha value is -2.80. The van der Waals surface area contributed by atoms with E-state index in [1.165, 1.54) is 12.1 Å². The number of hydrogen-bond donors (Lipinski definition) is 1. The second kappa shape index (κ2) is 8.53. The first-order chi connectivity index (χ1) is 12.6. The first-order valence-electron chi connectivity index (χ1n) is 8.15. The first kappa shape index (κ1) is 18.0. The van der Waals surface area contributed by atoms with Gasteiger partial charge in [-0.05, 0) is 49.2 Å². The molecule has 0 atom stereocenters. The number of benzene rings is 2. The van der Waals surface area contributed by atoms with Gasteiger partial charge in [0.25, 0.3) is 5.91 Å². The molecule has 7 heteroatoms. The smallest absolute Gasteiger partial charge is 0.251 e. The van der Waals surface area contributed by atoms with Crippen molar-refractivity contribution in [3.05, 3.63) is 76.9 Å². The number of carbonyl (C=O) groups excluding carboxylic acids is 1. The molecule has 26 heavy (non-hydrogen) atoms. The van der Waals surface area contributed by atoms with Crippen LogP contribution in [0.3, 0.4) is 0 Å². The van der Waals surface area contributed by atoms with Crippen LogP contribution < -0.4 is 10.1 Å². The van der Waals surface area contributed by atoms with Gasteiger partial charge in [-0.3, -0.25) is 4.79 Å². The summed E-state index contributed by atoms with van der Waals surface area (Å²) in [5.74, 6) is 0.158. The molecule has 3 aromatic rings. The second-order valence-electron chi connectivity index (χ2n) is 5.75. The standard InChI is InChI=1S/C19H18FN3O2S/c1-13-18(23-26-22-13)12-25-17-4-2-3-15(11-17)19(24)21-10-9-14-5-7-16(20)8-6-14/h2-8,11H,9-10,12H2,1H3,(H,21,24). The Morgan fingerprint density at radius 1 is 1.19 bits per heavy atom. The van der Waals surface area contributed by atoms with Crippen LogP contribution in [0, 0.1) is 12.7 Å². The van der Waals surface area contributed by atoms with Crippen LogP contribution in [0.25, 0.3) is 0 Å². The number of ether oxygens (including phenoxy) is 1. The molecule has 0 saturated carbocycles. The van der Waals surface area contributed by atoms with E-state index in [0.717, 1.165) is 28.7 Å². The van der Waals surface area contributed by atoms with Crippen molar-refractivity contribution < 1.29 is 13.9 Å². The van der Waals surface area contributed by atoms with Crippen LogP contribution in [0.1, 0.15) is 27.3 Å². The molecule has 134 valence electrons. The normalized spacial score (nSPS) is 10.5. The van der Waals surface area contributed by atoms with Crippen LogP contribution in [0.5, 0.6) is 5.75 Å². The van der Waals surface area contributed by atoms with E-state index in [1.807, 2.05) is 6.92 Å². The van der Waals surface area contributed by atoms with Gasteiger partial charge in [0.05, 0.1) is 17.4 Å². The van der Waals surface area contributed by atoms with Crippen molar-refractivity contribution in [2.45, 2.75) is 20.0 Å². The molecule has 0 aliphatic carbocycles. The van der Waals surface area contributed by atoms with Crippen LogP contribution in [-0.2, 0) is 13.0 Å². The quantitative estimate of drug-likeness (QED) is 0.690. The Kier molecular flexibility index (Phi) is 5.91. The number of nitrogens with zero attached hydrogens (tertiary/aromatic N) is 2. The fourth-order valence-corrected chi connectivity index (χ4v) is 2.88. The fraction of sp³-hybridized carbons (Fsp3) is 0.211. The number of halogens is 1. The van der Waals surface area contributed by atoms with Crippen molar-refractivity contribution in [2.24, 2.45) is 0 Å². The van der Waals surface area contributed by atoms with Gasteiger partial charge in [0.1, 0.15) is 23.9 Å². The minimum absolute atomic E-state index is 0.177. The maximum absolute atomic E-state index is 12.9. The van der Waals surface area contributed by atoms with Crippen molar-refractivity contribution in [2.75, 3.05) is 6.54 Å². The molecule has 1 heterocycles. The number of aryl methyl sites for hydroxylation is 1. The zero-order chi connectivity index (χ0) is 18.4. The zero-order valence-corrected chi connectivity index (χ0v) is 15.1. The van der Waals surface area contributed by atoms with E-state index in [1.54, 1.807) is 36.4 Å². The van der Waals surface area contributed by atoms with E-state index in [9.17, 15) is 9.18 Å². The molecular weight excluding hydrogens is 353 g/mol. The van der Waals surface area contributed by atoms with E-state index in [-0.39, 0.29) is 11.7 Å². The average molecular weight is 371 g/mol. The van der Waals surface area contributed by atoms with Crippen molar-refractivity contribution in [3.63, 3.8) is 0 Å². The Morgan fingerprint density at radius 3 is 2.73 bits per heavy atom. The highest BCUT2D eigenvalue weighted by atomic mass is 32.1. The molecule has 0 spiro atoms. The molecule has 0 unspecified atom stereocenters. The third-order valence-corrected chi connectivity index (χ3v) is 4.49. The predicted molar refractivity (Wildman–Crippen MR) is 97.9 cm³/mol. The minimum atomic E-state index is -0.266. The Morgan fingerprint density at radius 2 is 2.00 bits per heavy atom. The molecule has 0 aliphatic heterocycles. The lowest BCUT2D eigenvalue weighted by Gasteiger charge is -2.08. The molecule has 0 fully saturated rings. The summed E-state index contributed by atoms with van der Waals surface area (Å²) >= 11 is 1.15. The van der Waals surface area contributed by atoms with Crippen LogP contribution in [0.2, 0.25) is 0 Å². The Balaban J connectivity index is 1.52. The van der Waals surface area contributed by atoms with Gasteiger partial charge < -0.3 is 10.1 Å². The summed E-state index contributed by atoms with van der Waals surface area (Å²) in [4.78, 5) is 12.3. The molecule has 0 aliphatic rings. The van der Waals surface area contributed by atoms with Crippen molar-refractivity contribution in [3.8, 4) is 5.75 Å². The number of hydrogen-bond acceptors (Lipinski definition) is 5. The van der Waals surface area contributed by atoms with E-state index >= 15 is 0 Å². The summed E-state index contributed by atoms with van der Waals surface area (Å²) in [5, 5.41) is 2.86. The SMILES string of the molecule is Cc1nsnc1COc1cccc(C(=O)NCCc2ccc(F)cc2)c1. The highest BCUT2D eigenvalue weighted by Gasteiger charge is 2.08. The van der Waals surface area contributed by atoms with Crippen LogP contribution in [-0.4, -0.2) is 21.2 Å². The number of rotatable bonds is 7. The lowest BCUT2D eigenvalue weighted by molar-refractivity contribution is 0.0953. The van der Waals surface area contributed by atoms with Gasteiger partial charge in [-0.2, -0.15) is 8.75 Å². The van der Waals surface area contributed by atoms with Gasteiger partial charge >= 0.3 is 0 Å². The maximum atomic E-state index is 12.9. The Bertz CT molecular complexity index is 881. The minimum Gasteiger partial charge on any atom is -0.487 e. The zero-order valence-electron chi connectivity index (χ0n) is 14.2. The molecule has 1 amide bonds. The lowest BCUT2D eigenvalue weighted by Crippen LogP contribution is -2.25. The van der Waals surface area contributed by atoms with Gasteiger partial charge in [0, 0.05) is 12.1 Å². The van der Waals surface area contributed by atoms with Gasteiger partial charge in [-0.15, -0.1) is 0 Å². The van der Waals surface area contributed by atoms with E-state index in [2.05, 4.69) is 14.1 Å². The Labute approximate surface area is 155 Å². The van der Waals surface area contributed by atoms with Gasteiger partial charge in [0.2, 0.25) is 0 Å². The summed E-state index contributed by atoms with van der Waals surface area (Å²) < 4.78 is 26.8. The number of carbonyl (C=O) groups is 1. The van der Waals surface area contributed by atoms with E-state index < -0.39 is 0 Å². The highest BCUT2D eigenvalue weighted by molar-refractivity contribution is 6.99. The summed E-state index contributed by atoms with van der Waals surface area (Å²) in [6.45, 7) is 2.67. The van der Waals surface area contributed by atoms with Crippen LogP contribution in [0.15, 0.2) is 48.5 Å². The molecule has 0 bridgehead atoms. The van der Waals surface area contributed by atoms with Crippen LogP contribution in [0.4, 0.5) is 4.39 Å². The van der Waals surface area contributed by atoms with Crippen LogP contribution >= 0.6 is 11.7 Å². The summed E-state index contributed by atoms with van der Waals surface area (Å²) in [6.07, 6.45) is 0.637. The van der Waals surface area contributed by atoms with Crippen molar-refractivity contribution >= 4 is 17.6 Å². The molecule has 3 rings (SSSR count). The van der Waals surface area contributed by atoms with E-state index in [0.29, 0.717) is 30.9 Å². The lowest BCUT2D eigenvalue weighted by atomic mass is 10.1. The number of nitrogens with one attached hydrogen (secondary N) is 1. The molecule has 0 saturated heterocycles. The summed E-state index contributed by atoms with van der Waals surface area (Å²) in [5.41, 5.74) is 3.14. The third-order valence-electron chi connectivity index (χ3n) is 3.83. The first-order valence-corrected chi connectivity index (χ1v) is 8.88. The molecule has 1 N–H and O–H groups in total. The fourth-order valence-electron chi connectivity index (χ4n) is 2.33. The molecule has 5 nitrogen and oxygen atoms in total. The van der Waals surface area contributed by atoms with Gasteiger partial charge in [-0.1, -0.05) is 18.2 Å². The molecule has 0 radical (unpaired) electrons. The number of aromatic nitrogens is 2. The number of amides is 1. The van der Waals surface area contributed by atoms with Crippen molar-refractivity contribution in [1.29, 1.82) is 0 Å². The third kappa shape index (κ3) is 4.86. The monoisotopic (exact) mass is 371 g/mol. The predicted octanol–water partition coefficient (Wildman–Crippen LogP) is 3.54. The summed E-state index contributed by atoms with van der Waals surface area (Å²) in [6, 6.07) is 13.3. The second-order valence-corrected chi connectivity index (χ2v) is 6.27. The highest BCUT2D eigenvalue weighted by Crippen LogP contribution is 2.16. The largest absolute Gasteiger partial charge is 0.487 e.